The lowest BCUT2D eigenvalue weighted by Crippen LogP contribution is -2.69. The van der Waals surface area contributed by atoms with E-state index in [0.717, 1.165) is 17.5 Å². The molecule has 32 heavy (non-hydrogen) atoms. The van der Waals surface area contributed by atoms with E-state index in [2.05, 4.69) is 4.98 Å². The van der Waals surface area contributed by atoms with Crippen LogP contribution < -0.4 is 10.4 Å². The van der Waals surface area contributed by atoms with Crippen molar-refractivity contribution in [2.75, 3.05) is 6.61 Å². The smallest absolute Gasteiger partial charge is 0.326 e. The van der Waals surface area contributed by atoms with Crippen LogP contribution in [-0.2, 0) is 17.7 Å². The summed E-state index contributed by atoms with van der Waals surface area (Å²) in [5, 5.41) is 50.9. The van der Waals surface area contributed by atoms with Gasteiger partial charge in [0.05, 0.1) is 18.7 Å². The van der Waals surface area contributed by atoms with E-state index in [1.54, 1.807) is 12.1 Å². The van der Waals surface area contributed by atoms with E-state index >= 15 is 0 Å². The van der Waals surface area contributed by atoms with Crippen molar-refractivity contribution in [3.8, 4) is 5.75 Å². The van der Waals surface area contributed by atoms with Crippen LogP contribution in [0.4, 0.5) is 0 Å². The van der Waals surface area contributed by atoms with E-state index in [1.165, 1.54) is 10.6 Å². The maximum absolute atomic E-state index is 12.7. The SMILES string of the molecule is CCc1ccc(Cn2c(=O)[nH]c3cccc(O[C@]4(O)[C@H](O)O[C@H](CO)[C@@H](O)[C@@H]4O)c32)cc1. The molecule has 2 aromatic carbocycles. The van der Waals surface area contributed by atoms with Crippen molar-refractivity contribution in [1.29, 1.82) is 0 Å². The number of aromatic nitrogens is 2. The van der Waals surface area contributed by atoms with Gasteiger partial charge in [0.2, 0.25) is 6.29 Å². The molecule has 5 atom stereocenters. The average molecular weight is 446 g/mol. The summed E-state index contributed by atoms with van der Waals surface area (Å²) in [6.07, 6.45) is -6.22. The third-order valence-electron chi connectivity index (χ3n) is 5.77. The first-order chi connectivity index (χ1) is 15.3. The number of para-hydroxylation sites is 1. The van der Waals surface area contributed by atoms with Gasteiger partial charge in [-0.2, -0.15) is 0 Å². The number of ether oxygens (including phenoxy) is 2. The number of aromatic amines is 1. The Balaban J connectivity index is 1.73. The highest BCUT2D eigenvalue weighted by atomic mass is 16.7. The molecule has 1 fully saturated rings. The highest BCUT2D eigenvalue weighted by molar-refractivity contribution is 5.82. The highest BCUT2D eigenvalue weighted by Crippen LogP contribution is 2.34. The first-order valence-corrected chi connectivity index (χ1v) is 10.3. The molecule has 10 nitrogen and oxygen atoms in total. The van der Waals surface area contributed by atoms with Crippen LogP contribution in [0.25, 0.3) is 11.0 Å². The Morgan fingerprint density at radius 1 is 1.12 bits per heavy atom. The van der Waals surface area contributed by atoms with Crippen molar-refractivity contribution < 1.29 is 35.0 Å². The molecule has 0 unspecified atom stereocenters. The number of benzene rings is 2. The molecule has 6 N–H and O–H groups in total. The molecule has 1 saturated heterocycles. The van der Waals surface area contributed by atoms with Crippen LogP contribution >= 0.6 is 0 Å². The Kier molecular flexibility index (Phi) is 6.08. The third-order valence-corrected chi connectivity index (χ3v) is 5.77. The number of imidazole rings is 1. The quantitative estimate of drug-likeness (QED) is 0.275. The van der Waals surface area contributed by atoms with Crippen LogP contribution in [0.15, 0.2) is 47.3 Å². The lowest BCUT2D eigenvalue weighted by Gasteiger charge is -2.45. The van der Waals surface area contributed by atoms with Gasteiger partial charge in [0.15, 0.2) is 6.10 Å². The van der Waals surface area contributed by atoms with Gasteiger partial charge in [-0.15, -0.1) is 0 Å². The summed E-state index contributed by atoms with van der Waals surface area (Å²) in [7, 11) is 0. The maximum atomic E-state index is 12.7. The predicted molar refractivity (Wildman–Crippen MR) is 113 cm³/mol. The lowest BCUT2D eigenvalue weighted by molar-refractivity contribution is -0.385. The number of H-pyrrole nitrogens is 1. The lowest BCUT2D eigenvalue weighted by atomic mass is 9.96. The second-order valence-corrected chi connectivity index (χ2v) is 7.84. The Hall–Kier alpha value is -2.73. The fraction of sp³-hybridized carbons (Fsp3) is 0.409. The second kappa shape index (κ2) is 8.66. The zero-order chi connectivity index (χ0) is 23.0. The van der Waals surface area contributed by atoms with Gasteiger partial charge >= 0.3 is 5.69 Å². The van der Waals surface area contributed by atoms with Gasteiger partial charge < -0.3 is 40.0 Å². The minimum atomic E-state index is -2.75. The summed E-state index contributed by atoms with van der Waals surface area (Å²) in [6.45, 7) is 1.57. The number of hydrogen-bond acceptors (Lipinski definition) is 8. The number of rotatable bonds is 6. The molecule has 1 aliphatic heterocycles. The monoisotopic (exact) mass is 446 g/mol. The van der Waals surface area contributed by atoms with Crippen molar-refractivity contribution in [2.45, 2.75) is 50.3 Å². The first-order valence-electron chi connectivity index (χ1n) is 10.3. The average Bonchev–Trinajstić information content (AvgIpc) is 3.11. The van der Waals surface area contributed by atoms with Crippen LogP contribution in [0.3, 0.4) is 0 Å². The molecule has 0 bridgehead atoms. The summed E-state index contributed by atoms with van der Waals surface area (Å²) < 4.78 is 12.0. The van der Waals surface area contributed by atoms with Crippen molar-refractivity contribution in [3.63, 3.8) is 0 Å². The molecule has 1 aliphatic rings. The van der Waals surface area contributed by atoms with Crippen molar-refractivity contribution in [3.05, 3.63) is 64.1 Å². The van der Waals surface area contributed by atoms with Crippen molar-refractivity contribution in [1.82, 2.24) is 9.55 Å². The molecular formula is C22H26N2O8. The van der Waals surface area contributed by atoms with Gasteiger partial charge in [-0.25, -0.2) is 4.79 Å². The van der Waals surface area contributed by atoms with Crippen molar-refractivity contribution in [2.24, 2.45) is 0 Å². The zero-order valence-corrected chi connectivity index (χ0v) is 17.4. The standard InChI is InChI=1S/C22H26N2O8/c1-2-12-6-8-13(9-7-12)10-24-17-14(23-21(24)29)4-3-5-15(17)32-22(30)19(27)18(26)16(11-25)31-20(22)28/h3-9,16,18-20,25-28,30H,2,10-11H2,1H3,(H,23,29)/t16-,18-,19+,20-,22+/m1/s1. The molecule has 4 rings (SSSR count). The molecule has 0 aliphatic carbocycles. The number of aryl methyl sites for hydroxylation is 1. The molecule has 10 heteroatoms. The van der Waals surface area contributed by atoms with Gasteiger partial charge in [0.25, 0.3) is 5.79 Å². The Morgan fingerprint density at radius 3 is 2.47 bits per heavy atom. The molecule has 3 aromatic rings. The van der Waals surface area contributed by atoms with E-state index in [-0.39, 0.29) is 12.3 Å². The fourth-order valence-electron chi connectivity index (χ4n) is 3.86. The van der Waals surface area contributed by atoms with Gasteiger partial charge in [0, 0.05) is 0 Å². The number of fused-ring (bicyclic) bond motifs is 1. The highest BCUT2D eigenvalue weighted by Gasteiger charge is 2.57. The maximum Gasteiger partial charge on any atom is 0.326 e. The minimum absolute atomic E-state index is 0.0233. The molecule has 2 heterocycles. The van der Waals surface area contributed by atoms with Gasteiger partial charge in [0.1, 0.15) is 23.5 Å². The molecule has 172 valence electrons. The molecule has 0 spiro atoms. The van der Waals surface area contributed by atoms with Gasteiger partial charge in [-0.05, 0) is 29.7 Å². The Bertz CT molecular complexity index is 1140. The van der Waals surface area contributed by atoms with Gasteiger partial charge in [-0.3, -0.25) is 4.57 Å². The van der Waals surface area contributed by atoms with Crippen LogP contribution in [0.5, 0.6) is 5.75 Å². The van der Waals surface area contributed by atoms with E-state index in [0.29, 0.717) is 11.0 Å². The molecule has 0 radical (unpaired) electrons. The second-order valence-electron chi connectivity index (χ2n) is 7.84. The fourth-order valence-corrected chi connectivity index (χ4v) is 3.86. The van der Waals surface area contributed by atoms with E-state index in [9.17, 15) is 30.3 Å². The van der Waals surface area contributed by atoms with E-state index in [4.69, 9.17) is 9.47 Å². The predicted octanol–water partition coefficient (Wildman–Crippen LogP) is -0.561. The number of aliphatic hydroxyl groups excluding tert-OH is 4. The Labute approximate surface area is 182 Å². The molecule has 0 amide bonds. The number of hydrogen-bond donors (Lipinski definition) is 6. The van der Waals surface area contributed by atoms with Crippen LogP contribution in [0.2, 0.25) is 0 Å². The van der Waals surface area contributed by atoms with Crippen LogP contribution in [0, 0.1) is 0 Å². The van der Waals surface area contributed by atoms with Gasteiger partial charge in [-0.1, -0.05) is 37.3 Å². The summed E-state index contributed by atoms with van der Waals surface area (Å²) in [4.78, 5) is 15.4. The minimum Gasteiger partial charge on any atom is -0.452 e. The number of nitrogens with one attached hydrogen (secondary N) is 1. The van der Waals surface area contributed by atoms with Crippen LogP contribution in [0.1, 0.15) is 18.1 Å². The molecule has 0 saturated carbocycles. The van der Waals surface area contributed by atoms with Crippen LogP contribution in [-0.4, -0.2) is 72.1 Å². The summed E-state index contributed by atoms with van der Waals surface area (Å²) >= 11 is 0. The largest absolute Gasteiger partial charge is 0.452 e. The number of nitrogens with zero attached hydrogens (tertiary/aromatic N) is 1. The van der Waals surface area contributed by atoms with Crippen molar-refractivity contribution >= 4 is 11.0 Å². The first kappa shape index (κ1) is 22.5. The summed E-state index contributed by atoms with van der Waals surface area (Å²) in [6, 6.07) is 12.4. The third kappa shape index (κ3) is 3.81. The topological polar surface area (TPSA) is 157 Å². The zero-order valence-electron chi connectivity index (χ0n) is 17.4. The van der Waals surface area contributed by atoms with E-state index < -0.39 is 42.7 Å². The number of aliphatic hydroxyl groups is 5. The molecule has 1 aromatic heterocycles. The summed E-state index contributed by atoms with van der Waals surface area (Å²) in [5.41, 5.74) is 2.32. The molecular weight excluding hydrogens is 420 g/mol. The summed E-state index contributed by atoms with van der Waals surface area (Å²) in [5.74, 6) is -2.77. The Morgan fingerprint density at radius 2 is 1.81 bits per heavy atom. The van der Waals surface area contributed by atoms with E-state index in [1.807, 2.05) is 31.2 Å². The normalized spacial score (nSPS) is 28.2.